The zero-order valence-electron chi connectivity index (χ0n) is 24.0. The summed E-state index contributed by atoms with van der Waals surface area (Å²) >= 11 is 0. The molecular formula is C32H30F2N6O4. The number of fused-ring (bicyclic) bond motifs is 1. The number of rotatable bonds is 10. The summed E-state index contributed by atoms with van der Waals surface area (Å²) in [4.78, 5) is 32.7. The fourth-order valence-corrected chi connectivity index (χ4v) is 5.28. The number of hydrogen-bond acceptors (Lipinski definition) is 8. The number of likely N-dealkylation sites (tertiary alicyclic amines) is 1. The summed E-state index contributed by atoms with van der Waals surface area (Å²) in [5.74, 6) is -0.655. The second kappa shape index (κ2) is 12.7. The van der Waals surface area contributed by atoms with Crippen LogP contribution in [-0.2, 0) is 6.42 Å². The Bertz CT molecular complexity index is 1850. The van der Waals surface area contributed by atoms with Gasteiger partial charge in [-0.2, -0.15) is 9.78 Å². The van der Waals surface area contributed by atoms with Gasteiger partial charge in [0.1, 0.15) is 17.0 Å². The number of carbonyl (C=O) groups is 1. The van der Waals surface area contributed by atoms with E-state index in [4.69, 9.17) is 9.47 Å². The molecule has 0 unspecified atom stereocenters. The molecule has 5 aromatic rings. The first-order valence-electron chi connectivity index (χ1n) is 14.4. The highest BCUT2D eigenvalue weighted by atomic mass is 19.1. The van der Waals surface area contributed by atoms with Gasteiger partial charge in [-0.3, -0.25) is 14.7 Å². The van der Waals surface area contributed by atoms with E-state index >= 15 is 4.39 Å². The highest BCUT2D eigenvalue weighted by Gasteiger charge is 2.22. The molecule has 0 aliphatic carbocycles. The molecule has 12 heteroatoms. The quantitative estimate of drug-likeness (QED) is 0.220. The molecule has 226 valence electrons. The lowest BCUT2D eigenvalue weighted by Crippen LogP contribution is -2.35. The zero-order valence-corrected chi connectivity index (χ0v) is 24.0. The Kier molecular flexibility index (Phi) is 8.42. The van der Waals surface area contributed by atoms with Crippen LogP contribution in [0.3, 0.4) is 0 Å². The normalized spacial score (nSPS) is 14.2. The minimum Gasteiger partial charge on any atom is -0.476 e. The van der Waals surface area contributed by atoms with Crippen LogP contribution < -0.4 is 15.0 Å². The maximum atomic E-state index is 15.2. The molecule has 1 aliphatic heterocycles. The Balaban J connectivity index is 1.16. The number of H-pyrrole nitrogens is 1. The first-order chi connectivity index (χ1) is 21.4. The molecule has 44 heavy (non-hydrogen) atoms. The Morgan fingerprint density at radius 2 is 1.82 bits per heavy atom. The minimum atomic E-state index is -0.688. The smallest absolute Gasteiger partial charge is 0.282 e. The molecule has 2 aromatic carbocycles. The number of pyridine rings is 1. The minimum absolute atomic E-state index is 0.0598. The van der Waals surface area contributed by atoms with Gasteiger partial charge in [0, 0.05) is 24.9 Å². The highest BCUT2D eigenvalue weighted by molar-refractivity contribution is 5.97. The molecular weight excluding hydrogens is 570 g/mol. The molecule has 1 fully saturated rings. The van der Waals surface area contributed by atoms with E-state index in [0.29, 0.717) is 46.4 Å². The Hall–Kier alpha value is -4.97. The predicted octanol–water partition coefficient (Wildman–Crippen LogP) is 5.11. The molecule has 0 saturated carbocycles. The number of nitrogens with one attached hydrogen (secondary N) is 1. The average molecular weight is 601 g/mol. The maximum absolute atomic E-state index is 15.2. The summed E-state index contributed by atoms with van der Waals surface area (Å²) in [5.41, 5.74) is 0.339. The van der Waals surface area contributed by atoms with E-state index in [1.807, 2.05) is 0 Å². The Labute approximate surface area is 251 Å². The van der Waals surface area contributed by atoms with E-state index in [-0.39, 0.29) is 17.7 Å². The summed E-state index contributed by atoms with van der Waals surface area (Å²) < 4.78 is 41.6. The molecule has 3 aromatic heterocycles. The second-order valence-electron chi connectivity index (χ2n) is 10.7. The fourth-order valence-electron chi connectivity index (χ4n) is 5.28. The van der Waals surface area contributed by atoms with Crippen molar-refractivity contribution in [3.63, 3.8) is 0 Å². The van der Waals surface area contributed by atoms with Crippen molar-refractivity contribution in [1.29, 1.82) is 0 Å². The Morgan fingerprint density at radius 3 is 2.57 bits per heavy atom. The third-order valence-electron chi connectivity index (χ3n) is 7.80. The van der Waals surface area contributed by atoms with Crippen molar-refractivity contribution >= 4 is 16.8 Å². The molecule has 0 atom stereocenters. The molecule has 10 nitrogen and oxygen atoms in total. The summed E-state index contributed by atoms with van der Waals surface area (Å²) in [6.45, 7) is 5.80. The van der Waals surface area contributed by atoms with Gasteiger partial charge in [-0.15, -0.1) is 5.10 Å². The monoisotopic (exact) mass is 600 g/mol. The van der Waals surface area contributed by atoms with Gasteiger partial charge in [-0.25, -0.2) is 13.8 Å². The van der Waals surface area contributed by atoms with Crippen LogP contribution in [0.25, 0.3) is 16.7 Å². The second-order valence-corrected chi connectivity index (χ2v) is 10.7. The van der Waals surface area contributed by atoms with Crippen molar-refractivity contribution in [2.75, 3.05) is 26.2 Å². The summed E-state index contributed by atoms with van der Waals surface area (Å²) in [5, 5.41) is 11.6. The van der Waals surface area contributed by atoms with Gasteiger partial charge in [-0.1, -0.05) is 13.0 Å². The van der Waals surface area contributed by atoms with Gasteiger partial charge in [0.15, 0.2) is 23.0 Å². The van der Waals surface area contributed by atoms with Gasteiger partial charge in [0.2, 0.25) is 5.88 Å². The summed E-state index contributed by atoms with van der Waals surface area (Å²) in [6.07, 6.45) is 4.70. The lowest BCUT2D eigenvalue weighted by molar-refractivity contribution is 0.0991. The molecule has 6 rings (SSSR count). The van der Waals surface area contributed by atoms with E-state index in [9.17, 15) is 14.0 Å². The van der Waals surface area contributed by atoms with Crippen molar-refractivity contribution in [3.8, 4) is 23.1 Å². The molecule has 0 radical (unpaired) electrons. The largest absolute Gasteiger partial charge is 0.476 e. The van der Waals surface area contributed by atoms with Crippen molar-refractivity contribution in [2.45, 2.75) is 26.2 Å². The van der Waals surface area contributed by atoms with Crippen molar-refractivity contribution < 1.29 is 23.0 Å². The number of aromatic nitrogens is 5. The van der Waals surface area contributed by atoms with Crippen molar-refractivity contribution in [3.05, 3.63) is 100 Å². The third-order valence-corrected chi connectivity index (χ3v) is 7.80. The fraction of sp³-hybridized carbons (Fsp3) is 0.281. The van der Waals surface area contributed by atoms with Gasteiger partial charge in [-0.05, 0) is 86.4 Å². The van der Waals surface area contributed by atoms with Crippen LogP contribution in [0.4, 0.5) is 8.78 Å². The van der Waals surface area contributed by atoms with Crippen molar-refractivity contribution in [1.82, 2.24) is 29.9 Å². The van der Waals surface area contributed by atoms with Crippen LogP contribution >= 0.6 is 0 Å². The number of nitrogens with zero attached hydrogens (tertiary/aromatic N) is 5. The first-order valence-corrected chi connectivity index (χ1v) is 14.4. The molecule has 1 N–H and O–H groups in total. The van der Waals surface area contributed by atoms with E-state index in [2.05, 4.69) is 32.1 Å². The number of ether oxygens (including phenoxy) is 2. The summed E-state index contributed by atoms with van der Waals surface area (Å²) in [6, 6.07) is 12.3. The van der Waals surface area contributed by atoms with E-state index in [0.717, 1.165) is 37.2 Å². The van der Waals surface area contributed by atoms with Crippen LogP contribution in [0.2, 0.25) is 0 Å². The van der Waals surface area contributed by atoms with Gasteiger partial charge in [0.25, 0.3) is 5.56 Å². The highest BCUT2D eigenvalue weighted by Crippen LogP contribution is 2.35. The molecule has 1 aliphatic rings. The van der Waals surface area contributed by atoms with Crippen LogP contribution in [0.5, 0.6) is 17.4 Å². The number of piperidine rings is 1. The van der Waals surface area contributed by atoms with E-state index in [1.165, 1.54) is 54.9 Å². The molecule has 0 bridgehead atoms. The number of halogens is 2. The van der Waals surface area contributed by atoms with Crippen molar-refractivity contribution in [2.24, 2.45) is 5.92 Å². The molecule has 1 saturated heterocycles. The van der Waals surface area contributed by atoms with Gasteiger partial charge < -0.3 is 14.4 Å². The number of Topliss-reactive ketones (excluding diaryl/α,β-unsaturated/α-hetero) is 1. The maximum Gasteiger partial charge on any atom is 0.282 e. The van der Waals surface area contributed by atoms with Gasteiger partial charge in [0.05, 0.1) is 17.9 Å². The summed E-state index contributed by atoms with van der Waals surface area (Å²) in [7, 11) is 0. The predicted molar refractivity (Wildman–Crippen MR) is 159 cm³/mol. The lowest BCUT2D eigenvalue weighted by Gasteiger charge is -2.30. The molecule has 4 heterocycles. The number of ketones is 1. The van der Waals surface area contributed by atoms with E-state index in [1.54, 1.807) is 12.1 Å². The topological polar surface area (TPSA) is 115 Å². The number of aromatic amines is 1. The zero-order chi connectivity index (χ0) is 30.6. The molecule has 0 amide bonds. The number of hydrogen-bond donors (Lipinski definition) is 1. The lowest BCUT2D eigenvalue weighted by atomic mass is 9.98. The van der Waals surface area contributed by atoms with Gasteiger partial charge >= 0.3 is 0 Å². The number of benzene rings is 2. The molecule has 0 spiro atoms. The average Bonchev–Trinajstić information content (AvgIpc) is 3.46. The number of carbonyl (C=O) groups excluding carboxylic acids is 1. The van der Waals surface area contributed by atoms with E-state index < -0.39 is 23.0 Å². The van der Waals surface area contributed by atoms with Crippen LogP contribution in [-0.4, -0.2) is 61.9 Å². The van der Waals surface area contributed by atoms with Crippen LogP contribution in [0.15, 0.2) is 71.8 Å². The SMILES string of the molecule is CCN1CCC(COc2n[nH]c3nccc(Oc4ccc(CC(=O)c5ccnn(-c6ccc(F)cc6)c5=O)cc4F)c23)CC1. The standard InChI is InChI=1S/C32H30F2N6O4/c1-2-39-15-11-20(12-16-39)19-43-31-29-28(10-13-35-30(29)37-38-31)44-27-8-3-21(17-25(27)34)18-26(41)24-9-14-36-40(32(24)42)23-6-4-22(33)5-7-23/h3-10,13-14,17,20H,2,11-12,15-16,18-19H2,1H3,(H,35,37,38). The third kappa shape index (κ3) is 6.20. The first kappa shape index (κ1) is 29.1. The Morgan fingerprint density at radius 1 is 1.02 bits per heavy atom. The van der Waals surface area contributed by atoms with Crippen LogP contribution in [0.1, 0.15) is 35.7 Å². The van der Waals surface area contributed by atoms with Crippen LogP contribution in [0, 0.1) is 17.6 Å².